The van der Waals surface area contributed by atoms with E-state index in [2.05, 4.69) is 11.4 Å². The highest BCUT2D eigenvalue weighted by atomic mass is 32.2. The number of benzene rings is 3. The molecular formula is C28H26N2O5S2. The molecule has 0 aliphatic carbocycles. The smallest absolute Gasteiger partial charge is 0.294 e. The summed E-state index contributed by atoms with van der Waals surface area (Å²) in [6.07, 6.45) is 3.55. The predicted molar refractivity (Wildman–Crippen MR) is 148 cm³/mol. The number of anilines is 1. The quantitative estimate of drug-likeness (QED) is 0.267. The molecule has 1 N–H and O–H groups in total. The average Bonchev–Trinajstić information content (AvgIpc) is 3.15. The Hall–Kier alpha value is -3.69. The molecule has 0 spiro atoms. The minimum Gasteiger partial charge on any atom is -0.493 e. The third kappa shape index (κ3) is 6.75. The van der Waals surface area contributed by atoms with Crippen molar-refractivity contribution < 1.29 is 23.9 Å². The molecule has 3 amide bonds. The molecule has 0 aromatic heterocycles. The Morgan fingerprint density at radius 1 is 1.05 bits per heavy atom. The van der Waals surface area contributed by atoms with Crippen molar-refractivity contribution >= 4 is 52.3 Å². The van der Waals surface area contributed by atoms with E-state index in [1.54, 1.807) is 49.2 Å². The van der Waals surface area contributed by atoms with E-state index in [1.807, 2.05) is 49.6 Å². The van der Waals surface area contributed by atoms with Crippen LogP contribution >= 0.6 is 23.5 Å². The van der Waals surface area contributed by atoms with Crippen LogP contribution in [0.3, 0.4) is 0 Å². The van der Waals surface area contributed by atoms with Crippen LogP contribution in [0.4, 0.5) is 10.5 Å². The molecule has 190 valence electrons. The van der Waals surface area contributed by atoms with Gasteiger partial charge < -0.3 is 14.8 Å². The van der Waals surface area contributed by atoms with Crippen LogP contribution in [0.15, 0.2) is 76.5 Å². The Labute approximate surface area is 224 Å². The molecule has 0 saturated carbocycles. The van der Waals surface area contributed by atoms with E-state index in [0.29, 0.717) is 29.4 Å². The van der Waals surface area contributed by atoms with Crippen molar-refractivity contribution in [2.45, 2.75) is 18.4 Å². The van der Waals surface area contributed by atoms with Crippen molar-refractivity contribution in [1.29, 1.82) is 0 Å². The summed E-state index contributed by atoms with van der Waals surface area (Å²) in [6.45, 7) is 2.05. The molecule has 1 aliphatic rings. The van der Waals surface area contributed by atoms with E-state index in [-0.39, 0.29) is 11.4 Å². The number of amides is 3. The second kappa shape index (κ2) is 12.0. The number of nitrogens with one attached hydrogen (secondary N) is 1. The van der Waals surface area contributed by atoms with E-state index < -0.39 is 17.1 Å². The molecule has 7 nitrogen and oxygen atoms in total. The lowest BCUT2D eigenvalue weighted by molar-refractivity contribution is -0.127. The number of methoxy groups -OCH3 is 1. The van der Waals surface area contributed by atoms with E-state index in [0.717, 1.165) is 32.7 Å². The summed E-state index contributed by atoms with van der Waals surface area (Å²) in [6, 6.07) is 20.7. The number of aryl methyl sites for hydroxylation is 1. The van der Waals surface area contributed by atoms with Crippen LogP contribution in [-0.2, 0) is 16.2 Å². The molecular weight excluding hydrogens is 508 g/mol. The fourth-order valence-electron chi connectivity index (χ4n) is 3.69. The van der Waals surface area contributed by atoms with Crippen LogP contribution in [0.5, 0.6) is 11.5 Å². The molecule has 1 saturated heterocycles. The molecule has 1 fully saturated rings. The number of hydrogen-bond donors (Lipinski definition) is 1. The van der Waals surface area contributed by atoms with Crippen LogP contribution < -0.4 is 14.8 Å². The maximum absolute atomic E-state index is 12.9. The van der Waals surface area contributed by atoms with Gasteiger partial charge in [0.05, 0.1) is 12.0 Å². The second-order valence-electron chi connectivity index (χ2n) is 8.24. The van der Waals surface area contributed by atoms with Gasteiger partial charge in [-0.25, -0.2) is 0 Å². The maximum Gasteiger partial charge on any atom is 0.294 e. The molecule has 0 unspecified atom stereocenters. The zero-order valence-electron chi connectivity index (χ0n) is 20.6. The van der Waals surface area contributed by atoms with E-state index >= 15 is 0 Å². The van der Waals surface area contributed by atoms with Gasteiger partial charge in [-0.2, -0.15) is 0 Å². The lowest BCUT2D eigenvalue weighted by atomic mass is 10.1. The first-order valence-corrected chi connectivity index (χ1v) is 13.5. The van der Waals surface area contributed by atoms with Gasteiger partial charge in [0, 0.05) is 10.6 Å². The van der Waals surface area contributed by atoms with E-state index in [4.69, 9.17) is 9.47 Å². The number of rotatable bonds is 9. The molecule has 3 aromatic carbocycles. The van der Waals surface area contributed by atoms with Crippen LogP contribution in [0, 0.1) is 6.92 Å². The number of ether oxygens (including phenoxy) is 2. The minimum absolute atomic E-state index is 0.234. The SMILES string of the molecule is COc1cc(/C=C2\SC(=O)N(CC(=O)Nc3cccc(SC)c3)C2=O)ccc1OCc1cccc(C)c1. The van der Waals surface area contributed by atoms with Crippen molar-refractivity contribution in [3.05, 3.63) is 88.3 Å². The Bertz CT molecular complexity index is 1370. The largest absolute Gasteiger partial charge is 0.493 e. The monoisotopic (exact) mass is 534 g/mol. The fraction of sp³-hybridized carbons (Fsp3) is 0.179. The summed E-state index contributed by atoms with van der Waals surface area (Å²) in [5, 5.41) is 2.25. The summed E-state index contributed by atoms with van der Waals surface area (Å²) in [5.41, 5.74) is 3.47. The Morgan fingerprint density at radius 2 is 1.86 bits per heavy atom. The van der Waals surface area contributed by atoms with E-state index in [1.165, 1.54) is 0 Å². The van der Waals surface area contributed by atoms with Gasteiger partial charge in [-0.3, -0.25) is 19.3 Å². The summed E-state index contributed by atoms with van der Waals surface area (Å²) in [4.78, 5) is 40.1. The first-order valence-electron chi connectivity index (χ1n) is 11.4. The lowest BCUT2D eigenvalue weighted by Gasteiger charge is -2.13. The van der Waals surface area contributed by atoms with Gasteiger partial charge in [0.15, 0.2) is 11.5 Å². The molecule has 1 heterocycles. The van der Waals surface area contributed by atoms with Gasteiger partial charge in [0.1, 0.15) is 13.2 Å². The number of thioether (sulfide) groups is 2. The van der Waals surface area contributed by atoms with Gasteiger partial charge in [-0.1, -0.05) is 42.0 Å². The third-order valence-electron chi connectivity index (χ3n) is 5.49. The molecule has 3 aromatic rings. The molecule has 0 bridgehead atoms. The predicted octanol–water partition coefficient (Wildman–Crippen LogP) is 5.98. The lowest BCUT2D eigenvalue weighted by Crippen LogP contribution is -2.36. The van der Waals surface area contributed by atoms with Crippen LogP contribution in [0.1, 0.15) is 16.7 Å². The number of carbonyl (C=O) groups is 3. The van der Waals surface area contributed by atoms with Gasteiger partial charge in [0.25, 0.3) is 11.1 Å². The summed E-state index contributed by atoms with van der Waals surface area (Å²) in [5.74, 6) is 0.115. The van der Waals surface area contributed by atoms with Crippen LogP contribution in [0.25, 0.3) is 6.08 Å². The minimum atomic E-state index is -0.512. The second-order valence-corrected chi connectivity index (χ2v) is 10.1. The first-order chi connectivity index (χ1) is 17.9. The zero-order chi connectivity index (χ0) is 26.4. The normalized spacial score (nSPS) is 14.2. The Kier molecular flexibility index (Phi) is 8.58. The molecule has 1 aliphatic heterocycles. The first kappa shape index (κ1) is 26.4. The van der Waals surface area contributed by atoms with Gasteiger partial charge >= 0.3 is 0 Å². The number of hydrogen-bond acceptors (Lipinski definition) is 7. The highest BCUT2D eigenvalue weighted by molar-refractivity contribution is 8.18. The van der Waals surface area contributed by atoms with Crippen molar-refractivity contribution in [2.75, 3.05) is 25.2 Å². The molecule has 4 rings (SSSR count). The van der Waals surface area contributed by atoms with Gasteiger partial charge in [0.2, 0.25) is 5.91 Å². The molecule has 37 heavy (non-hydrogen) atoms. The topological polar surface area (TPSA) is 84.9 Å². The van der Waals surface area contributed by atoms with Gasteiger partial charge in [-0.05, 0) is 72.5 Å². The molecule has 0 atom stereocenters. The average molecular weight is 535 g/mol. The van der Waals surface area contributed by atoms with Gasteiger partial charge in [-0.15, -0.1) is 11.8 Å². The zero-order valence-corrected chi connectivity index (χ0v) is 22.3. The van der Waals surface area contributed by atoms with Crippen molar-refractivity contribution in [2.24, 2.45) is 0 Å². The van der Waals surface area contributed by atoms with E-state index in [9.17, 15) is 14.4 Å². The number of carbonyl (C=O) groups excluding carboxylic acids is 3. The molecule has 9 heteroatoms. The Balaban J connectivity index is 1.42. The Morgan fingerprint density at radius 3 is 2.62 bits per heavy atom. The number of nitrogens with zero attached hydrogens (tertiary/aromatic N) is 1. The third-order valence-corrected chi connectivity index (χ3v) is 7.12. The summed E-state index contributed by atoms with van der Waals surface area (Å²) >= 11 is 2.35. The van der Waals surface area contributed by atoms with Crippen molar-refractivity contribution in [3.63, 3.8) is 0 Å². The van der Waals surface area contributed by atoms with Crippen LogP contribution in [-0.4, -0.2) is 41.9 Å². The summed E-state index contributed by atoms with van der Waals surface area (Å²) in [7, 11) is 1.54. The van der Waals surface area contributed by atoms with Crippen LogP contribution in [0.2, 0.25) is 0 Å². The summed E-state index contributed by atoms with van der Waals surface area (Å²) < 4.78 is 11.4. The fourth-order valence-corrected chi connectivity index (χ4v) is 4.99. The van der Waals surface area contributed by atoms with Crippen molar-refractivity contribution in [3.8, 4) is 11.5 Å². The highest BCUT2D eigenvalue weighted by Crippen LogP contribution is 2.35. The number of imide groups is 1. The standard InChI is InChI=1S/C28H26N2O5S2/c1-18-6-4-7-20(12-18)17-35-23-11-10-19(13-24(23)34-2)14-25-27(32)30(28(33)37-25)16-26(31)29-21-8-5-9-22(15-21)36-3/h4-15H,16-17H2,1-3H3,(H,29,31)/b25-14-. The maximum atomic E-state index is 12.9. The highest BCUT2D eigenvalue weighted by Gasteiger charge is 2.36. The van der Waals surface area contributed by atoms with Crippen molar-refractivity contribution in [1.82, 2.24) is 4.90 Å². The molecule has 0 radical (unpaired) electrons.